The minimum atomic E-state index is -0.208. The van der Waals surface area contributed by atoms with Crippen LogP contribution in [0.3, 0.4) is 0 Å². The van der Waals surface area contributed by atoms with Crippen LogP contribution < -0.4 is 10.2 Å². The van der Waals surface area contributed by atoms with E-state index in [1.54, 1.807) is 19.1 Å². The Hall–Kier alpha value is -1.88. The van der Waals surface area contributed by atoms with Crippen LogP contribution in [0.1, 0.15) is 25.2 Å². The molecule has 0 aliphatic rings. The maximum Gasteiger partial charge on any atom is 0.146 e. The first-order valence-corrected chi connectivity index (χ1v) is 7.69. The van der Waals surface area contributed by atoms with Gasteiger partial charge in [0, 0.05) is 25.7 Å². The largest absolute Gasteiger partial charge is 0.370 e. The maximum atomic E-state index is 14.2. The normalized spacial score (nSPS) is 10.6. The van der Waals surface area contributed by atoms with E-state index in [1.807, 2.05) is 30.9 Å². The van der Waals surface area contributed by atoms with Gasteiger partial charge in [0.2, 0.25) is 0 Å². The van der Waals surface area contributed by atoms with Gasteiger partial charge in [-0.05, 0) is 38.5 Å². The summed E-state index contributed by atoms with van der Waals surface area (Å²) in [6, 6.07) is 6.93. The summed E-state index contributed by atoms with van der Waals surface area (Å²) in [5.74, 6) is 1.02. The standard InChI is InChI=1S/C16H20ClFN4/c1-4-22(5-2)14-7-6-12(8-13(14)18)10-19-16-9-15(17)20-11(3)21-16/h6-9H,4-5,10H2,1-3H3,(H,19,20,21). The predicted molar refractivity (Wildman–Crippen MR) is 89.1 cm³/mol. The number of halogens is 2. The Morgan fingerprint density at radius 2 is 1.91 bits per heavy atom. The lowest BCUT2D eigenvalue weighted by Gasteiger charge is -2.22. The van der Waals surface area contributed by atoms with Gasteiger partial charge in [-0.3, -0.25) is 0 Å². The highest BCUT2D eigenvalue weighted by molar-refractivity contribution is 6.29. The summed E-state index contributed by atoms with van der Waals surface area (Å²) in [7, 11) is 0. The Balaban J connectivity index is 2.09. The van der Waals surface area contributed by atoms with Crippen LogP contribution in [-0.2, 0) is 6.54 Å². The molecule has 1 N–H and O–H groups in total. The molecule has 0 aliphatic carbocycles. The van der Waals surface area contributed by atoms with Gasteiger partial charge in [-0.2, -0.15) is 0 Å². The van der Waals surface area contributed by atoms with Gasteiger partial charge in [0.25, 0.3) is 0 Å². The van der Waals surface area contributed by atoms with Crippen molar-refractivity contribution >= 4 is 23.1 Å². The van der Waals surface area contributed by atoms with E-state index in [4.69, 9.17) is 11.6 Å². The van der Waals surface area contributed by atoms with Crippen molar-refractivity contribution in [3.8, 4) is 0 Å². The second-order valence-electron chi connectivity index (χ2n) is 4.93. The summed E-state index contributed by atoms with van der Waals surface area (Å²) in [5.41, 5.74) is 1.48. The molecule has 118 valence electrons. The number of nitrogens with one attached hydrogen (secondary N) is 1. The molecule has 0 amide bonds. The number of hydrogen-bond acceptors (Lipinski definition) is 4. The molecule has 0 unspecified atom stereocenters. The van der Waals surface area contributed by atoms with E-state index < -0.39 is 0 Å². The van der Waals surface area contributed by atoms with Crippen molar-refractivity contribution < 1.29 is 4.39 Å². The summed E-state index contributed by atoms with van der Waals surface area (Å²) < 4.78 is 14.2. The molecule has 2 aromatic rings. The second kappa shape index (κ2) is 7.40. The Kier molecular flexibility index (Phi) is 5.55. The smallest absolute Gasteiger partial charge is 0.146 e. The zero-order valence-corrected chi connectivity index (χ0v) is 13.8. The molecule has 0 saturated carbocycles. The summed E-state index contributed by atoms with van der Waals surface area (Å²) in [5, 5.41) is 3.52. The van der Waals surface area contributed by atoms with Gasteiger partial charge in [0.05, 0.1) is 5.69 Å². The molecule has 0 saturated heterocycles. The molecule has 0 radical (unpaired) electrons. The van der Waals surface area contributed by atoms with Gasteiger partial charge in [0.1, 0.15) is 22.6 Å². The molecule has 2 rings (SSSR count). The van der Waals surface area contributed by atoms with Gasteiger partial charge >= 0.3 is 0 Å². The zero-order chi connectivity index (χ0) is 16.1. The van der Waals surface area contributed by atoms with Crippen molar-refractivity contribution in [3.05, 3.63) is 46.6 Å². The SMILES string of the molecule is CCN(CC)c1ccc(CNc2cc(Cl)nc(C)n2)cc1F. The molecule has 1 aromatic carbocycles. The lowest BCUT2D eigenvalue weighted by molar-refractivity contribution is 0.618. The minimum Gasteiger partial charge on any atom is -0.370 e. The number of anilines is 2. The molecular weight excluding hydrogens is 303 g/mol. The van der Waals surface area contributed by atoms with E-state index in [0.717, 1.165) is 18.7 Å². The average Bonchev–Trinajstić information content (AvgIpc) is 2.47. The van der Waals surface area contributed by atoms with Gasteiger partial charge in [-0.15, -0.1) is 0 Å². The van der Waals surface area contributed by atoms with Crippen LogP contribution in [0, 0.1) is 12.7 Å². The fourth-order valence-corrected chi connectivity index (χ4v) is 2.52. The molecule has 6 heteroatoms. The van der Waals surface area contributed by atoms with Gasteiger partial charge < -0.3 is 10.2 Å². The number of hydrogen-bond donors (Lipinski definition) is 1. The molecule has 0 atom stereocenters. The third-order valence-corrected chi connectivity index (χ3v) is 3.59. The van der Waals surface area contributed by atoms with Crippen molar-refractivity contribution in [2.45, 2.75) is 27.3 Å². The zero-order valence-electron chi connectivity index (χ0n) is 13.0. The summed E-state index contributed by atoms with van der Waals surface area (Å²) in [4.78, 5) is 10.2. The first-order chi connectivity index (χ1) is 10.5. The van der Waals surface area contributed by atoms with Gasteiger partial charge in [0.15, 0.2) is 0 Å². The topological polar surface area (TPSA) is 41.0 Å². The number of aromatic nitrogens is 2. The van der Waals surface area contributed by atoms with E-state index >= 15 is 0 Å². The monoisotopic (exact) mass is 322 g/mol. The van der Waals surface area contributed by atoms with E-state index in [0.29, 0.717) is 29.0 Å². The Bertz CT molecular complexity index is 624. The minimum absolute atomic E-state index is 0.208. The molecule has 1 aromatic heterocycles. The first-order valence-electron chi connectivity index (χ1n) is 7.32. The molecular formula is C16H20ClFN4. The number of rotatable bonds is 6. The molecule has 0 fully saturated rings. The Morgan fingerprint density at radius 1 is 1.18 bits per heavy atom. The molecule has 0 aliphatic heterocycles. The van der Waals surface area contributed by atoms with Crippen LogP contribution >= 0.6 is 11.6 Å². The van der Waals surface area contributed by atoms with Crippen molar-refractivity contribution in [2.24, 2.45) is 0 Å². The van der Waals surface area contributed by atoms with Gasteiger partial charge in [-0.25, -0.2) is 14.4 Å². The number of aryl methyl sites for hydroxylation is 1. The fraction of sp³-hybridized carbons (Fsp3) is 0.375. The summed E-state index contributed by atoms with van der Waals surface area (Å²) >= 11 is 5.89. The van der Waals surface area contributed by atoms with Crippen LogP contribution in [-0.4, -0.2) is 23.1 Å². The van der Waals surface area contributed by atoms with E-state index in [-0.39, 0.29) is 5.82 Å². The number of benzene rings is 1. The van der Waals surface area contributed by atoms with Crippen LogP contribution in [0.4, 0.5) is 15.9 Å². The first kappa shape index (κ1) is 16.5. The van der Waals surface area contributed by atoms with E-state index in [2.05, 4.69) is 15.3 Å². The quantitative estimate of drug-likeness (QED) is 0.815. The summed E-state index contributed by atoms with van der Waals surface area (Å²) in [6.45, 7) is 7.84. The third kappa shape index (κ3) is 4.07. The van der Waals surface area contributed by atoms with Crippen LogP contribution in [0.2, 0.25) is 5.15 Å². The lowest BCUT2D eigenvalue weighted by Crippen LogP contribution is -2.23. The Morgan fingerprint density at radius 3 is 2.50 bits per heavy atom. The summed E-state index contributed by atoms with van der Waals surface area (Å²) in [6.07, 6.45) is 0. The predicted octanol–water partition coefficient (Wildman–Crippen LogP) is 4.04. The average molecular weight is 323 g/mol. The second-order valence-corrected chi connectivity index (χ2v) is 5.32. The lowest BCUT2D eigenvalue weighted by atomic mass is 10.1. The molecule has 1 heterocycles. The van der Waals surface area contributed by atoms with E-state index in [1.165, 1.54) is 0 Å². The van der Waals surface area contributed by atoms with Crippen molar-refractivity contribution in [1.82, 2.24) is 9.97 Å². The highest BCUT2D eigenvalue weighted by Gasteiger charge is 2.09. The molecule has 4 nitrogen and oxygen atoms in total. The van der Waals surface area contributed by atoms with E-state index in [9.17, 15) is 4.39 Å². The van der Waals surface area contributed by atoms with Crippen molar-refractivity contribution in [1.29, 1.82) is 0 Å². The Labute approximate surface area is 135 Å². The number of nitrogens with zero attached hydrogens (tertiary/aromatic N) is 3. The fourth-order valence-electron chi connectivity index (χ4n) is 2.30. The van der Waals surface area contributed by atoms with Crippen molar-refractivity contribution in [2.75, 3.05) is 23.3 Å². The third-order valence-electron chi connectivity index (χ3n) is 3.40. The van der Waals surface area contributed by atoms with Crippen LogP contribution in [0.25, 0.3) is 0 Å². The highest BCUT2D eigenvalue weighted by Crippen LogP contribution is 2.21. The molecule has 0 spiro atoms. The van der Waals surface area contributed by atoms with Crippen molar-refractivity contribution in [3.63, 3.8) is 0 Å². The molecule has 0 bridgehead atoms. The highest BCUT2D eigenvalue weighted by atomic mass is 35.5. The van der Waals surface area contributed by atoms with Crippen LogP contribution in [0.5, 0.6) is 0 Å². The van der Waals surface area contributed by atoms with Crippen LogP contribution in [0.15, 0.2) is 24.3 Å². The maximum absolute atomic E-state index is 14.2. The molecule has 22 heavy (non-hydrogen) atoms. The van der Waals surface area contributed by atoms with Gasteiger partial charge in [-0.1, -0.05) is 17.7 Å².